The van der Waals surface area contributed by atoms with Crippen LogP contribution in [0.1, 0.15) is 47.5 Å². The maximum atomic E-state index is 5.66. The molecule has 23 heavy (non-hydrogen) atoms. The van der Waals surface area contributed by atoms with Crippen LogP contribution in [0.2, 0.25) is 0 Å². The maximum Gasteiger partial charge on any atom is 0.0272 e. The van der Waals surface area contributed by atoms with Gasteiger partial charge in [-0.3, -0.25) is 6.42 Å². The largest absolute Gasteiger partial charge is 0.440 e. The average Bonchev–Trinajstić information content (AvgIpc) is 2.73. The third kappa shape index (κ3) is 16.1. The van der Waals surface area contributed by atoms with E-state index in [1.807, 2.05) is 0 Å². The van der Waals surface area contributed by atoms with Crippen molar-refractivity contribution in [1.29, 1.82) is 0 Å². The molecule has 2 aliphatic heterocycles. The van der Waals surface area contributed by atoms with Crippen molar-refractivity contribution in [1.82, 2.24) is 0 Å². The van der Waals surface area contributed by atoms with Gasteiger partial charge in [0, 0.05) is 152 Å². The van der Waals surface area contributed by atoms with E-state index in [0.717, 1.165) is 0 Å². The molecular weight excluding hydrogens is 859 g/mol. The summed E-state index contributed by atoms with van der Waals surface area (Å²) in [7, 11) is 0. The molecule has 0 spiro atoms. The standard InChI is InChI=1S/C9H17O.C7H12O.2W.3Y/c1-4-5-9-6-7(2)8(3)10-9;1-5-4-6(2)8-7(5)3;;;;;/h6-9H,4-5H2,1-3H3;4-7H,2H2,1,3H3;;;;;/q-1;-2;;;;;. The van der Waals surface area contributed by atoms with E-state index < -0.39 is 0 Å². The third-order valence-corrected chi connectivity index (χ3v) is 3.87. The van der Waals surface area contributed by atoms with Gasteiger partial charge >= 0.3 is 0 Å². The summed E-state index contributed by atoms with van der Waals surface area (Å²) in [5.74, 6) is 1.23. The molecule has 2 heterocycles. The molecule has 7 heteroatoms. The van der Waals surface area contributed by atoms with Gasteiger partial charge in [-0.15, -0.1) is 11.8 Å². The van der Waals surface area contributed by atoms with Gasteiger partial charge < -0.3 is 22.8 Å². The van der Waals surface area contributed by atoms with Gasteiger partial charge in [0.2, 0.25) is 0 Å². The van der Waals surface area contributed by atoms with Crippen molar-refractivity contribution in [2.75, 3.05) is 0 Å². The van der Waals surface area contributed by atoms with Gasteiger partial charge in [0.25, 0.3) is 0 Å². The molecule has 0 aromatic rings. The van der Waals surface area contributed by atoms with Crippen molar-refractivity contribution in [2.45, 2.75) is 71.9 Å². The summed E-state index contributed by atoms with van der Waals surface area (Å²) in [5.41, 5.74) is 0. The average molecular weight is 888 g/mol. The molecule has 2 aliphatic rings. The SMILES string of the molecule is CCCC1[CH-]C(C)C(C)O1.[CH2-]C1[CH-]C(C)C(C)O1.[W].[W].[Y].[Y].[Y]. The molecule has 6 atom stereocenters. The summed E-state index contributed by atoms with van der Waals surface area (Å²) in [6.45, 7) is 14.6. The Kier molecular flexibility index (Phi) is 35.4. The minimum absolute atomic E-state index is 0. The summed E-state index contributed by atoms with van der Waals surface area (Å²) in [4.78, 5) is 0. The van der Waals surface area contributed by atoms with Crippen molar-refractivity contribution in [3.8, 4) is 0 Å². The summed E-state index contributed by atoms with van der Waals surface area (Å²) >= 11 is 0. The van der Waals surface area contributed by atoms with Crippen molar-refractivity contribution >= 4 is 0 Å². The summed E-state index contributed by atoms with van der Waals surface area (Å²) in [6.07, 6.45) is 8.25. The van der Waals surface area contributed by atoms with Crippen molar-refractivity contribution in [2.24, 2.45) is 11.8 Å². The molecule has 6 unspecified atom stereocenters. The zero-order valence-corrected chi connectivity index (χ0v) is 29.5. The van der Waals surface area contributed by atoms with E-state index in [2.05, 4.69) is 54.4 Å². The Hall–Kier alpha value is 4.61. The molecule has 2 nitrogen and oxygen atoms in total. The van der Waals surface area contributed by atoms with Crippen LogP contribution in [0, 0.1) is 31.6 Å². The van der Waals surface area contributed by atoms with E-state index in [-0.39, 0.29) is 146 Å². The van der Waals surface area contributed by atoms with Crippen LogP contribution in [0.25, 0.3) is 0 Å². The van der Waals surface area contributed by atoms with Crippen LogP contribution in [-0.2, 0) is 150 Å². The molecule has 3 radical (unpaired) electrons. The zero-order chi connectivity index (χ0) is 13.7. The first-order valence-corrected chi connectivity index (χ1v) is 7.28. The Morgan fingerprint density at radius 2 is 1.26 bits per heavy atom. The first kappa shape index (κ1) is 38.2. The number of hydrogen-bond donors (Lipinski definition) is 0. The number of hydrogen-bond acceptors (Lipinski definition) is 2. The monoisotopic (exact) mass is 888 g/mol. The van der Waals surface area contributed by atoms with Gasteiger partial charge in [0.05, 0.1) is 0 Å². The predicted octanol–water partition coefficient (Wildman–Crippen LogP) is 3.85. The van der Waals surface area contributed by atoms with Crippen LogP contribution in [0.15, 0.2) is 0 Å². The second-order valence-corrected chi connectivity index (χ2v) is 5.65. The van der Waals surface area contributed by atoms with E-state index >= 15 is 0 Å². The molecule has 2 saturated heterocycles. The van der Waals surface area contributed by atoms with Crippen LogP contribution >= 0.6 is 0 Å². The summed E-state index contributed by atoms with van der Waals surface area (Å²) in [6, 6.07) is 0. The zero-order valence-electron chi connectivity index (χ0n) is 15.1. The van der Waals surface area contributed by atoms with Gasteiger partial charge in [-0.1, -0.05) is 39.7 Å². The summed E-state index contributed by atoms with van der Waals surface area (Å²) < 4.78 is 11.0. The summed E-state index contributed by atoms with van der Waals surface area (Å²) in [5, 5.41) is 0. The fourth-order valence-corrected chi connectivity index (χ4v) is 2.33. The van der Waals surface area contributed by atoms with Gasteiger partial charge in [0.15, 0.2) is 0 Å². The minimum Gasteiger partial charge on any atom is -0.440 e. The molecule has 0 N–H and O–H groups in total. The number of ether oxygens (including phenoxy) is 2. The smallest absolute Gasteiger partial charge is 0.0272 e. The van der Waals surface area contributed by atoms with Gasteiger partial charge in [0.1, 0.15) is 0 Å². The van der Waals surface area contributed by atoms with Crippen molar-refractivity contribution in [3.63, 3.8) is 0 Å². The van der Waals surface area contributed by atoms with E-state index in [4.69, 9.17) is 9.47 Å². The van der Waals surface area contributed by atoms with Crippen LogP contribution in [0.3, 0.4) is 0 Å². The Morgan fingerprint density at radius 3 is 1.48 bits per heavy atom. The molecule has 0 amide bonds. The Morgan fingerprint density at radius 1 is 0.826 bits per heavy atom. The van der Waals surface area contributed by atoms with Crippen LogP contribution in [-0.4, -0.2) is 24.4 Å². The molecule has 0 aliphatic carbocycles. The molecule has 0 bridgehead atoms. The molecule has 2 rings (SSSR count). The first-order chi connectivity index (χ1) is 8.43. The second-order valence-electron chi connectivity index (χ2n) is 5.65. The quantitative estimate of drug-likeness (QED) is 0.393. The van der Waals surface area contributed by atoms with Crippen LogP contribution in [0.4, 0.5) is 0 Å². The molecule has 129 valence electrons. The Balaban J connectivity index is -0.0000000782. The predicted molar refractivity (Wildman–Crippen MR) is 75.9 cm³/mol. The van der Waals surface area contributed by atoms with Crippen molar-refractivity contribution in [3.05, 3.63) is 19.8 Å². The molecule has 2 fully saturated rings. The maximum absolute atomic E-state index is 5.66. The van der Waals surface area contributed by atoms with Crippen molar-refractivity contribution < 1.29 is 150 Å². The second kappa shape index (κ2) is 21.3. The van der Waals surface area contributed by atoms with E-state index in [9.17, 15) is 0 Å². The van der Waals surface area contributed by atoms with Gasteiger partial charge in [-0.2, -0.15) is 6.10 Å². The Bertz CT molecular complexity index is 231. The molecule has 0 aromatic carbocycles. The number of rotatable bonds is 2. The van der Waals surface area contributed by atoms with Crippen LogP contribution < -0.4 is 0 Å². The Labute approximate surface area is 248 Å². The normalized spacial score (nSPS) is 34.2. The topological polar surface area (TPSA) is 18.5 Å². The van der Waals surface area contributed by atoms with Gasteiger partial charge in [-0.25, -0.2) is 0 Å². The minimum atomic E-state index is 0. The fourth-order valence-electron chi connectivity index (χ4n) is 2.33. The first-order valence-electron chi connectivity index (χ1n) is 7.28. The van der Waals surface area contributed by atoms with Gasteiger partial charge in [-0.05, 0) is 13.8 Å². The molecular formula is C16H29O2W2Y3-3. The van der Waals surface area contributed by atoms with Crippen LogP contribution in [0.5, 0.6) is 0 Å². The molecule has 0 aromatic heterocycles. The molecule has 0 saturated carbocycles. The van der Waals surface area contributed by atoms with E-state index in [1.165, 1.54) is 12.8 Å². The third-order valence-electron chi connectivity index (χ3n) is 3.87. The fraction of sp³-hybridized carbons (Fsp3) is 0.812. The van der Waals surface area contributed by atoms with E-state index in [0.29, 0.717) is 30.1 Å². The van der Waals surface area contributed by atoms with E-state index in [1.54, 1.807) is 0 Å².